The minimum absolute atomic E-state index is 0.0646. The highest BCUT2D eigenvalue weighted by Gasteiger charge is 2.25. The Morgan fingerprint density at radius 1 is 0.880 bits per heavy atom. The number of carbonyl (C=O) groups excluding carboxylic acids is 1. The van der Waals surface area contributed by atoms with Crippen LogP contribution < -0.4 is 5.32 Å². The Labute approximate surface area is 147 Å². The second-order valence-corrected chi connectivity index (χ2v) is 6.24. The molecule has 3 aromatic rings. The van der Waals surface area contributed by atoms with E-state index in [2.05, 4.69) is 15.3 Å². The SMILES string of the molecule is O=C(Nc1ncnc2c1CCC2)C(c1ccccc1)c1ccccc1. The Kier molecular flexibility index (Phi) is 4.25. The average Bonchev–Trinajstić information content (AvgIpc) is 3.14. The number of carbonyl (C=O) groups is 1. The standard InChI is InChI=1S/C21H19N3O/c25-21(24-20-17-12-7-13-18(17)22-14-23-20)19(15-8-3-1-4-9-15)16-10-5-2-6-11-16/h1-6,8-11,14,19H,7,12-13H2,(H,22,23,24,25). The zero-order chi connectivity index (χ0) is 17.1. The van der Waals surface area contributed by atoms with Gasteiger partial charge in [0.15, 0.2) is 0 Å². The van der Waals surface area contributed by atoms with Crippen molar-refractivity contribution in [3.8, 4) is 0 Å². The summed E-state index contributed by atoms with van der Waals surface area (Å²) in [6, 6.07) is 19.7. The van der Waals surface area contributed by atoms with E-state index in [1.807, 2.05) is 60.7 Å². The minimum Gasteiger partial charge on any atom is -0.310 e. The normalized spacial score (nSPS) is 12.8. The minimum atomic E-state index is -0.366. The maximum absolute atomic E-state index is 13.1. The molecule has 0 unspecified atom stereocenters. The Morgan fingerprint density at radius 2 is 1.52 bits per heavy atom. The molecule has 0 saturated heterocycles. The second-order valence-electron chi connectivity index (χ2n) is 6.24. The molecule has 4 heteroatoms. The van der Waals surface area contributed by atoms with Crippen molar-refractivity contribution in [1.82, 2.24) is 9.97 Å². The number of rotatable bonds is 4. The van der Waals surface area contributed by atoms with Gasteiger partial charge in [0, 0.05) is 11.3 Å². The van der Waals surface area contributed by atoms with Crippen LogP contribution in [0.4, 0.5) is 5.82 Å². The zero-order valence-electron chi connectivity index (χ0n) is 13.9. The summed E-state index contributed by atoms with van der Waals surface area (Å²) in [5, 5.41) is 3.05. The van der Waals surface area contributed by atoms with Crippen LogP contribution in [0.25, 0.3) is 0 Å². The Morgan fingerprint density at radius 3 is 2.16 bits per heavy atom. The number of hydrogen-bond acceptors (Lipinski definition) is 3. The first kappa shape index (κ1) is 15.5. The molecule has 4 nitrogen and oxygen atoms in total. The molecule has 1 N–H and O–H groups in total. The van der Waals surface area contributed by atoms with Crippen molar-refractivity contribution in [2.24, 2.45) is 0 Å². The molecule has 0 bridgehead atoms. The number of anilines is 1. The molecule has 1 amide bonds. The molecule has 25 heavy (non-hydrogen) atoms. The van der Waals surface area contributed by atoms with Gasteiger partial charge in [0.1, 0.15) is 12.1 Å². The third kappa shape index (κ3) is 3.15. The van der Waals surface area contributed by atoms with E-state index < -0.39 is 0 Å². The number of hydrogen-bond donors (Lipinski definition) is 1. The molecule has 1 heterocycles. The third-order valence-corrected chi connectivity index (χ3v) is 4.64. The van der Waals surface area contributed by atoms with E-state index in [0.717, 1.165) is 41.6 Å². The molecule has 1 aromatic heterocycles. The van der Waals surface area contributed by atoms with Crippen molar-refractivity contribution in [2.75, 3.05) is 5.32 Å². The molecule has 0 atom stereocenters. The van der Waals surface area contributed by atoms with Crippen molar-refractivity contribution in [2.45, 2.75) is 25.2 Å². The summed E-state index contributed by atoms with van der Waals surface area (Å²) in [6.07, 6.45) is 4.49. The first-order valence-corrected chi connectivity index (χ1v) is 8.56. The second kappa shape index (κ2) is 6.85. The number of aromatic nitrogens is 2. The van der Waals surface area contributed by atoms with E-state index in [1.54, 1.807) is 6.33 Å². The predicted octanol–water partition coefficient (Wildman–Crippen LogP) is 3.74. The Hall–Kier alpha value is -3.01. The van der Waals surface area contributed by atoms with Crippen molar-refractivity contribution in [3.05, 3.63) is 89.4 Å². The van der Waals surface area contributed by atoms with Gasteiger partial charge in [-0.15, -0.1) is 0 Å². The lowest BCUT2D eigenvalue weighted by molar-refractivity contribution is -0.116. The molecule has 4 rings (SSSR count). The molecule has 1 aliphatic rings. The van der Waals surface area contributed by atoms with Gasteiger partial charge >= 0.3 is 0 Å². The molecule has 1 aliphatic carbocycles. The van der Waals surface area contributed by atoms with Gasteiger partial charge in [-0.3, -0.25) is 4.79 Å². The van der Waals surface area contributed by atoms with Crippen LogP contribution in [0.5, 0.6) is 0 Å². The number of fused-ring (bicyclic) bond motifs is 1. The maximum atomic E-state index is 13.1. The Balaban J connectivity index is 1.69. The van der Waals surface area contributed by atoms with Gasteiger partial charge in [-0.1, -0.05) is 60.7 Å². The van der Waals surface area contributed by atoms with Crippen molar-refractivity contribution >= 4 is 11.7 Å². The van der Waals surface area contributed by atoms with E-state index in [0.29, 0.717) is 5.82 Å². The van der Waals surface area contributed by atoms with Gasteiger partial charge < -0.3 is 5.32 Å². The third-order valence-electron chi connectivity index (χ3n) is 4.64. The van der Waals surface area contributed by atoms with E-state index in [4.69, 9.17) is 0 Å². The molecular weight excluding hydrogens is 310 g/mol. The van der Waals surface area contributed by atoms with Crippen LogP contribution >= 0.6 is 0 Å². The lowest BCUT2D eigenvalue weighted by Crippen LogP contribution is -2.23. The highest BCUT2D eigenvalue weighted by Crippen LogP contribution is 2.29. The lowest BCUT2D eigenvalue weighted by atomic mass is 9.90. The Bertz CT molecular complexity index is 839. The summed E-state index contributed by atoms with van der Waals surface area (Å²) in [6.45, 7) is 0. The van der Waals surface area contributed by atoms with E-state index in [-0.39, 0.29) is 11.8 Å². The maximum Gasteiger partial charge on any atom is 0.237 e. The van der Waals surface area contributed by atoms with E-state index in [9.17, 15) is 4.79 Å². The number of aryl methyl sites for hydroxylation is 1. The van der Waals surface area contributed by atoms with Crippen LogP contribution in [0, 0.1) is 0 Å². The quantitative estimate of drug-likeness (QED) is 0.793. The van der Waals surface area contributed by atoms with E-state index >= 15 is 0 Å². The zero-order valence-corrected chi connectivity index (χ0v) is 13.9. The van der Waals surface area contributed by atoms with Gasteiger partial charge in [0.2, 0.25) is 5.91 Å². The highest BCUT2D eigenvalue weighted by atomic mass is 16.1. The number of amides is 1. The summed E-state index contributed by atoms with van der Waals surface area (Å²) in [5.74, 6) is 0.226. The summed E-state index contributed by atoms with van der Waals surface area (Å²) in [7, 11) is 0. The smallest absolute Gasteiger partial charge is 0.237 e. The van der Waals surface area contributed by atoms with Crippen LogP contribution in [-0.4, -0.2) is 15.9 Å². The molecule has 0 saturated carbocycles. The average molecular weight is 329 g/mol. The topological polar surface area (TPSA) is 54.9 Å². The molecule has 0 spiro atoms. The largest absolute Gasteiger partial charge is 0.310 e. The first-order chi connectivity index (χ1) is 12.3. The first-order valence-electron chi connectivity index (χ1n) is 8.56. The number of benzene rings is 2. The molecular formula is C21H19N3O. The summed E-state index contributed by atoms with van der Waals surface area (Å²) in [4.78, 5) is 21.8. The van der Waals surface area contributed by atoms with Gasteiger partial charge in [-0.2, -0.15) is 0 Å². The van der Waals surface area contributed by atoms with Gasteiger partial charge in [0.25, 0.3) is 0 Å². The highest BCUT2D eigenvalue weighted by molar-refractivity contribution is 5.98. The van der Waals surface area contributed by atoms with Crippen LogP contribution in [-0.2, 0) is 17.6 Å². The summed E-state index contributed by atoms with van der Waals surface area (Å²) >= 11 is 0. The monoisotopic (exact) mass is 329 g/mol. The summed E-state index contributed by atoms with van der Waals surface area (Å²) in [5.41, 5.74) is 4.07. The van der Waals surface area contributed by atoms with Crippen LogP contribution in [0.2, 0.25) is 0 Å². The predicted molar refractivity (Wildman–Crippen MR) is 97.4 cm³/mol. The lowest BCUT2D eigenvalue weighted by Gasteiger charge is -2.18. The van der Waals surface area contributed by atoms with Gasteiger partial charge in [-0.25, -0.2) is 9.97 Å². The van der Waals surface area contributed by atoms with E-state index in [1.165, 1.54) is 0 Å². The van der Waals surface area contributed by atoms with Crippen LogP contribution in [0.1, 0.15) is 34.7 Å². The molecule has 0 aliphatic heterocycles. The van der Waals surface area contributed by atoms with Crippen LogP contribution in [0.15, 0.2) is 67.0 Å². The fourth-order valence-electron chi connectivity index (χ4n) is 3.44. The van der Waals surface area contributed by atoms with Crippen molar-refractivity contribution < 1.29 is 4.79 Å². The number of nitrogens with one attached hydrogen (secondary N) is 1. The molecule has 124 valence electrons. The van der Waals surface area contributed by atoms with Crippen molar-refractivity contribution in [1.29, 1.82) is 0 Å². The molecule has 2 aromatic carbocycles. The fourth-order valence-corrected chi connectivity index (χ4v) is 3.44. The summed E-state index contributed by atoms with van der Waals surface area (Å²) < 4.78 is 0. The molecule has 0 fully saturated rings. The van der Waals surface area contributed by atoms with Crippen LogP contribution in [0.3, 0.4) is 0 Å². The fraction of sp³-hybridized carbons (Fsp3) is 0.190. The number of nitrogens with zero attached hydrogens (tertiary/aromatic N) is 2. The van der Waals surface area contributed by atoms with Crippen molar-refractivity contribution in [3.63, 3.8) is 0 Å². The molecule has 0 radical (unpaired) electrons. The van der Waals surface area contributed by atoms with Gasteiger partial charge in [0.05, 0.1) is 5.92 Å². The van der Waals surface area contributed by atoms with Gasteiger partial charge in [-0.05, 0) is 30.4 Å².